The van der Waals surface area contributed by atoms with Crippen molar-refractivity contribution in [3.63, 3.8) is 0 Å². The molecule has 2 aromatic rings. The fraction of sp³-hybridized carbons (Fsp3) is 0.478. The Balaban J connectivity index is 1.66. The van der Waals surface area contributed by atoms with E-state index in [2.05, 4.69) is 57.3 Å². The van der Waals surface area contributed by atoms with Crippen molar-refractivity contribution < 1.29 is 9.59 Å². The quantitative estimate of drug-likeness (QED) is 0.756. The first-order valence-corrected chi connectivity index (χ1v) is 10.8. The summed E-state index contributed by atoms with van der Waals surface area (Å²) in [5.74, 6) is 0.0839. The van der Waals surface area contributed by atoms with Crippen molar-refractivity contribution >= 4 is 28.2 Å². The lowest BCUT2D eigenvalue weighted by molar-refractivity contribution is -0.116. The number of primary amides is 1. The molecule has 2 amide bonds. The number of carbonyl (C=O) groups excluding carboxylic acids is 2. The minimum absolute atomic E-state index is 0.0750. The third-order valence-electron chi connectivity index (χ3n) is 5.47. The number of thiophene rings is 1. The lowest BCUT2D eigenvalue weighted by atomic mass is 9.86. The SMILES string of the molecule is CC1CCc2c(sc(NC(=O)CCc3ccc(C(C)(C)C)cc3)c2C(N)=O)C1. The maximum atomic E-state index is 12.5. The summed E-state index contributed by atoms with van der Waals surface area (Å²) in [4.78, 5) is 25.7. The molecule has 1 aromatic carbocycles. The molecule has 0 bridgehead atoms. The van der Waals surface area contributed by atoms with Crippen LogP contribution in [0.25, 0.3) is 0 Å². The van der Waals surface area contributed by atoms with E-state index in [1.165, 1.54) is 21.8 Å². The Morgan fingerprint density at radius 2 is 1.89 bits per heavy atom. The standard InChI is InChI=1S/C23H30N2O2S/c1-14-5-11-17-18(13-14)28-22(20(17)21(24)27)25-19(26)12-8-15-6-9-16(10-7-15)23(2,3)4/h6-7,9-10,14H,5,8,11-13H2,1-4H3,(H2,24,27)(H,25,26). The smallest absolute Gasteiger partial charge is 0.251 e. The molecule has 4 nitrogen and oxygen atoms in total. The van der Waals surface area contributed by atoms with Crippen molar-refractivity contribution in [2.24, 2.45) is 11.7 Å². The van der Waals surface area contributed by atoms with Crippen LogP contribution in [0.4, 0.5) is 5.00 Å². The molecule has 28 heavy (non-hydrogen) atoms. The van der Waals surface area contributed by atoms with Gasteiger partial charge >= 0.3 is 0 Å². The summed E-state index contributed by atoms with van der Waals surface area (Å²) in [7, 11) is 0. The molecule has 5 heteroatoms. The van der Waals surface area contributed by atoms with Gasteiger partial charge < -0.3 is 11.1 Å². The van der Waals surface area contributed by atoms with Gasteiger partial charge in [-0.3, -0.25) is 9.59 Å². The van der Waals surface area contributed by atoms with Crippen molar-refractivity contribution in [2.75, 3.05) is 5.32 Å². The average molecular weight is 399 g/mol. The maximum Gasteiger partial charge on any atom is 0.251 e. The van der Waals surface area contributed by atoms with Gasteiger partial charge in [0.1, 0.15) is 5.00 Å². The molecule has 1 unspecified atom stereocenters. The van der Waals surface area contributed by atoms with Crippen LogP contribution in [0.1, 0.15) is 72.5 Å². The number of hydrogen-bond acceptors (Lipinski definition) is 3. The van der Waals surface area contributed by atoms with Crippen LogP contribution in [-0.2, 0) is 29.5 Å². The molecule has 0 aliphatic heterocycles. The van der Waals surface area contributed by atoms with Crippen molar-refractivity contribution in [2.45, 2.75) is 65.2 Å². The predicted octanol–water partition coefficient (Wildman–Crippen LogP) is 4.84. The summed E-state index contributed by atoms with van der Waals surface area (Å²) in [5.41, 5.74) is 9.73. The number of aryl methyl sites for hydroxylation is 1. The molecule has 3 N–H and O–H groups in total. The van der Waals surface area contributed by atoms with Crippen molar-refractivity contribution in [1.82, 2.24) is 0 Å². The number of nitrogens with one attached hydrogen (secondary N) is 1. The molecule has 3 rings (SSSR count). The lowest BCUT2D eigenvalue weighted by Gasteiger charge is -2.19. The van der Waals surface area contributed by atoms with E-state index in [0.717, 1.165) is 30.4 Å². The Labute approximate surface area is 171 Å². The van der Waals surface area contributed by atoms with Gasteiger partial charge in [0.2, 0.25) is 5.91 Å². The molecule has 0 saturated heterocycles. The highest BCUT2D eigenvalue weighted by Crippen LogP contribution is 2.39. The highest BCUT2D eigenvalue weighted by atomic mass is 32.1. The summed E-state index contributed by atoms with van der Waals surface area (Å²) >= 11 is 1.52. The molecule has 1 aromatic heterocycles. The first-order chi connectivity index (χ1) is 13.1. The van der Waals surface area contributed by atoms with E-state index in [9.17, 15) is 9.59 Å². The minimum Gasteiger partial charge on any atom is -0.365 e. The van der Waals surface area contributed by atoms with E-state index >= 15 is 0 Å². The number of carbonyl (C=O) groups is 2. The second-order valence-corrected chi connectivity index (χ2v) is 10.0. The van der Waals surface area contributed by atoms with Crippen molar-refractivity contribution in [3.05, 3.63) is 51.4 Å². The van der Waals surface area contributed by atoms with Crippen LogP contribution in [0.15, 0.2) is 24.3 Å². The lowest BCUT2D eigenvalue weighted by Crippen LogP contribution is -2.19. The van der Waals surface area contributed by atoms with E-state index in [4.69, 9.17) is 5.73 Å². The average Bonchev–Trinajstić information content (AvgIpc) is 2.96. The molecule has 1 heterocycles. The number of amides is 2. The van der Waals surface area contributed by atoms with E-state index in [1.54, 1.807) is 0 Å². The predicted molar refractivity (Wildman–Crippen MR) is 116 cm³/mol. The molecule has 0 saturated carbocycles. The van der Waals surface area contributed by atoms with Crippen LogP contribution in [-0.4, -0.2) is 11.8 Å². The van der Waals surface area contributed by atoms with Gasteiger partial charge in [-0.25, -0.2) is 0 Å². The zero-order chi connectivity index (χ0) is 20.5. The van der Waals surface area contributed by atoms with Crippen LogP contribution in [0.2, 0.25) is 0 Å². The first-order valence-electron chi connectivity index (χ1n) is 9.98. The molecule has 0 radical (unpaired) electrons. The number of rotatable bonds is 5. The normalized spacial score (nSPS) is 16.5. The third kappa shape index (κ3) is 4.64. The number of fused-ring (bicyclic) bond motifs is 1. The topological polar surface area (TPSA) is 72.2 Å². The molecular weight excluding hydrogens is 368 g/mol. The zero-order valence-electron chi connectivity index (χ0n) is 17.2. The van der Waals surface area contributed by atoms with Crippen molar-refractivity contribution in [1.29, 1.82) is 0 Å². The van der Waals surface area contributed by atoms with Crippen LogP contribution >= 0.6 is 11.3 Å². The fourth-order valence-corrected chi connectivity index (χ4v) is 5.15. The van der Waals surface area contributed by atoms with Crippen LogP contribution in [0.5, 0.6) is 0 Å². The molecule has 1 aliphatic carbocycles. The Morgan fingerprint density at radius 1 is 1.21 bits per heavy atom. The van der Waals surface area contributed by atoms with Gasteiger partial charge in [0, 0.05) is 11.3 Å². The van der Waals surface area contributed by atoms with Gasteiger partial charge in [-0.05, 0) is 53.7 Å². The number of benzene rings is 1. The summed E-state index contributed by atoms with van der Waals surface area (Å²) in [5, 5.41) is 3.57. The summed E-state index contributed by atoms with van der Waals surface area (Å²) in [6, 6.07) is 8.45. The molecule has 1 atom stereocenters. The van der Waals surface area contributed by atoms with Gasteiger partial charge in [0.25, 0.3) is 5.91 Å². The largest absolute Gasteiger partial charge is 0.365 e. The third-order valence-corrected chi connectivity index (χ3v) is 6.64. The van der Waals surface area contributed by atoms with Gasteiger partial charge in [0.05, 0.1) is 5.56 Å². The first kappa shape index (κ1) is 20.6. The Morgan fingerprint density at radius 3 is 2.50 bits per heavy atom. The zero-order valence-corrected chi connectivity index (χ0v) is 18.0. The second-order valence-electron chi connectivity index (χ2n) is 8.92. The Bertz CT molecular complexity index is 875. The number of nitrogens with two attached hydrogens (primary N) is 1. The van der Waals surface area contributed by atoms with Crippen LogP contribution in [0, 0.1) is 5.92 Å². The number of hydrogen-bond donors (Lipinski definition) is 2. The maximum absolute atomic E-state index is 12.5. The van der Waals surface area contributed by atoms with Gasteiger partial charge in [-0.1, -0.05) is 52.0 Å². The van der Waals surface area contributed by atoms with Gasteiger partial charge in [-0.2, -0.15) is 0 Å². The molecule has 0 spiro atoms. The van der Waals surface area contributed by atoms with Crippen LogP contribution < -0.4 is 11.1 Å². The molecule has 150 valence electrons. The molecule has 0 fully saturated rings. The van der Waals surface area contributed by atoms with E-state index < -0.39 is 5.91 Å². The van der Waals surface area contributed by atoms with Gasteiger partial charge in [-0.15, -0.1) is 11.3 Å². The monoisotopic (exact) mass is 398 g/mol. The molecular formula is C23H30N2O2S. The Hall–Kier alpha value is -2.14. The summed E-state index contributed by atoms with van der Waals surface area (Å²) < 4.78 is 0. The highest BCUT2D eigenvalue weighted by molar-refractivity contribution is 7.17. The van der Waals surface area contributed by atoms with Crippen molar-refractivity contribution in [3.8, 4) is 0 Å². The van der Waals surface area contributed by atoms with E-state index in [0.29, 0.717) is 29.3 Å². The highest BCUT2D eigenvalue weighted by Gasteiger charge is 2.27. The fourth-order valence-electron chi connectivity index (χ4n) is 3.72. The number of anilines is 1. The van der Waals surface area contributed by atoms with E-state index in [-0.39, 0.29) is 11.3 Å². The summed E-state index contributed by atoms with van der Waals surface area (Å²) in [6.45, 7) is 8.78. The van der Waals surface area contributed by atoms with Gasteiger partial charge in [0.15, 0.2) is 0 Å². The molecule has 1 aliphatic rings. The van der Waals surface area contributed by atoms with Crippen LogP contribution in [0.3, 0.4) is 0 Å². The second kappa shape index (κ2) is 8.08. The Kier molecular flexibility index (Phi) is 5.94. The minimum atomic E-state index is -0.444. The van der Waals surface area contributed by atoms with E-state index in [1.807, 2.05) is 0 Å². The summed E-state index contributed by atoms with van der Waals surface area (Å²) in [6.07, 6.45) is 3.93.